The molecule has 0 heterocycles. The van der Waals surface area contributed by atoms with Gasteiger partial charge in [0.15, 0.2) is 0 Å². The van der Waals surface area contributed by atoms with Crippen molar-refractivity contribution >= 4 is 15.2 Å². The molecule has 0 spiro atoms. The summed E-state index contributed by atoms with van der Waals surface area (Å²) >= 11 is 0. The molecule has 2 aromatic carbocycles. The van der Waals surface area contributed by atoms with E-state index in [1.165, 1.54) is 0 Å². The number of hydrogen-bond donors (Lipinski definition) is 4. The Morgan fingerprint density at radius 3 is 1.10 bits per heavy atom. The molecule has 0 amide bonds. The van der Waals surface area contributed by atoms with Crippen LogP contribution in [0.15, 0.2) is 48.5 Å². The van der Waals surface area contributed by atoms with Gasteiger partial charge in [-0.1, -0.05) is 0 Å². The normalized spacial score (nSPS) is 11.2. The maximum Gasteiger partial charge on any atom is 0.318 e. The van der Waals surface area contributed by atoms with Gasteiger partial charge in [-0.2, -0.15) is 24.3 Å². The molecular formula is C12H16FeO6P2-2. The van der Waals surface area contributed by atoms with Gasteiger partial charge in [-0.25, -0.2) is 24.3 Å². The van der Waals surface area contributed by atoms with Crippen LogP contribution in [0.2, 0.25) is 0 Å². The maximum absolute atomic E-state index is 10.4. The Kier molecular flexibility index (Phi) is 8.64. The van der Waals surface area contributed by atoms with Gasteiger partial charge in [0.2, 0.25) is 0 Å². The van der Waals surface area contributed by atoms with Crippen LogP contribution in [0.3, 0.4) is 0 Å². The van der Waals surface area contributed by atoms with Crippen LogP contribution in [0, 0.1) is 0 Å². The van der Waals surface area contributed by atoms with E-state index in [1.54, 1.807) is 48.5 Å². The zero-order chi connectivity index (χ0) is 15.2. The van der Waals surface area contributed by atoms with Gasteiger partial charge in [0.05, 0.1) is 0 Å². The second kappa shape index (κ2) is 8.84. The molecule has 0 aliphatic rings. The standard InChI is InChI=1S/2C6H8O3P.Fe/c2*7-10(8,9)5-6-3-1-2-4-6;/h2*1-4H,5H2,(H2,7,8,9);/q2*-1;. The monoisotopic (exact) mass is 374 g/mol. The fourth-order valence-electron chi connectivity index (χ4n) is 1.51. The summed E-state index contributed by atoms with van der Waals surface area (Å²) in [6.07, 6.45) is -0.306. The smallest absolute Gasteiger partial charge is 0.318 e. The van der Waals surface area contributed by atoms with Crippen LogP contribution < -0.4 is 0 Å². The summed E-state index contributed by atoms with van der Waals surface area (Å²) in [4.78, 5) is 34.0. The van der Waals surface area contributed by atoms with Gasteiger partial charge in [-0.3, -0.25) is 9.13 Å². The predicted octanol–water partition coefficient (Wildman–Crippen LogP) is 2.16. The van der Waals surface area contributed by atoms with E-state index in [-0.39, 0.29) is 29.4 Å². The largest absolute Gasteiger partial charge is 0.325 e. The number of hydrogen-bond acceptors (Lipinski definition) is 2. The second-order valence-electron chi connectivity index (χ2n) is 4.23. The summed E-state index contributed by atoms with van der Waals surface area (Å²) in [6.45, 7) is 0. The van der Waals surface area contributed by atoms with Crippen molar-refractivity contribution in [3.63, 3.8) is 0 Å². The summed E-state index contributed by atoms with van der Waals surface area (Å²) in [5, 5.41) is 0. The fourth-order valence-corrected chi connectivity index (χ4v) is 2.89. The molecule has 0 aromatic heterocycles. The molecule has 0 unspecified atom stereocenters. The molecule has 9 heteroatoms. The number of rotatable bonds is 4. The summed E-state index contributed by atoms with van der Waals surface area (Å²) in [6, 6.07) is 13.8. The molecule has 0 aliphatic carbocycles. The second-order valence-corrected chi connectivity index (χ2v) is 7.52. The van der Waals surface area contributed by atoms with Crippen LogP contribution in [0.1, 0.15) is 11.1 Å². The zero-order valence-electron chi connectivity index (χ0n) is 10.9. The van der Waals surface area contributed by atoms with Gasteiger partial charge in [0.25, 0.3) is 0 Å². The first-order chi connectivity index (χ1) is 9.16. The summed E-state index contributed by atoms with van der Waals surface area (Å²) in [5.41, 5.74) is 1.38. The van der Waals surface area contributed by atoms with E-state index in [2.05, 4.69) is 0 Å². The van der Waals surface area contributed by atoms with Crippen LogP contribution in [0.4, 0.5) is 0 Å². The topological polar surface area (TPSA) is 115 Å². The molecule has 120 valence electrons. The summed E-state index contributed by atoms with van der Waals surface area (Å²) in [7, 11) is -7.71. The van der Waals surface area contributed by atoms with E-state index in [9.17, 15) is 9.13 Å². The Balaban J connectivity index is 0.000000364. The van der Waals surface area contributed by atoms with E-state index in [0.29, 0.717) is 11.1 Å². The minimum Gasteiger partial charge on any atom is -0.325 e. The van der Waals surface area contributed by atoms with Gasteiger partial charge in [0, 0.05) is 29.4 Å². The van der Waals surface area contributed by atoms with Gasteiger partial charge in [-0.05, 0) is 0 Å². The van der Waals surface area contributed by atoms with Crippen molar-refractivity contribution in [3.8, 4) is 0 Å². The van der Waals surface area contributed by atoms with Gasteiger partial charge in [0.1, 0.15) is 0 Å². The molecule has 0 radical (unpaired) electrons. The van der Waals surface area contributed by atoms with Crippen molar-refractivity contribution in [2.75, 3.05) is 0 Å². The van der Waals surface area contributed by atoms with Crippen LogP contribution >= 0.6 is 15.2 Å². The van der Waals surface area contributed by atoms with E-state index in [0.717, 1.165) is 0 Å². The van der Waals surface area contributed by atoms with Crippen molar-refractivity contribution in [2.45, 2.75) is 12.3 Å². The Labute approximate surface area is 133 Å². The molecule has 4 N–H and O–H groups in total. The maximum atomic E-state index is 10.4. The average Bonchev–Trinajstić information content (AvgIpc) is 2.87. The molecule has 0 fully saturated rings. The van der Waals surface area contributed by atoms with Crippen LogP contribution in [0.5, 0.6) is 0 Å². The average molecular weight is 374 g/mol. The fraction of sp³-hybridized carbons (Fsp3) is 0.167. The minimum atomic E-state index is -3.85. The molecule has 2 rings (SSSR count). The van der Waals surface area contributed by atoms with Crippen molar-refractivity contribution in [3.05, 3.63) is 59.7 Å². The van der Waals surface area contributed by atoms with E-state index < -0.39 is 15.2 Å². The molecule has 0 atom stereocenters. The Hall–Kier alpha value is -0.481. The first kappa shape index (κ1) is 20.5. The van der Waals surface area contributed by atoms with Crippen LogP contribution in [-0.4, -0.2) is 19.6 Å². The third-order valence-corrected chi connectivity index (χ3v) is 3.79. The molecule has 0 saturated heterocycles. The third-order valence-electron chi connectivity index (χ3n) is 2.24. The minimum absolute atomic E-state index is 0. The Bertz CT molecular complexity index is 527. The van der Waals surface area contributed by atoms with Crippen molar-refractivity contribution in [2.24, 2.45) is 0 Å². The van der Waals surface area contributed by atoms with Gasteiger partial charge < -0.3 is 19.6 Å². The van der Waals surface area contributed by atoms with Crippen molar-refractivity contribution in [1.29, 1.82) is 0 Å². The summed E-state index contributed by atoms with van der Waals surface area (Å²) < 4.78 is 20.8. The predicted molar refractivity (Wildman–Crippen MR) is 75.6 cm³/mol. The van der Waals surface area contributed by atoms with Crippen molar-refractivity contribution in [1.82, 2.24) is 0 Å². The van der Waals surface area contributed by atoms with E-state index in [4.69, 9.17) is 19.6 Å². The van der Waals surface area contributed by atoms with Crippen LogP contribution in [-0.2, 0) is 38.5 Å². The Morgan fingerprint density at radius 2 is 0.905 bits per heavy atom. The first-order valence-corrected chi connectivity index (χ1v) is 9.25. The van der Waals surface area contributed by atoms with Crippen molar-refractivity contribution < 1.29 is 45.8 Å². The molecule has 0 bridgehead atoms. The molecule has 6 nitrogen and oxygen atoms in total. The SMILES string of the molecule is O=P(O)(O)C[c-]1cccc1.O=P(O)(O)C[c-]1cccc1.[Fe]. The summed E-state index contributed by atoms with van der Waals surface area (Å²) in [5.74, 6) is 0. The molecule has 0 aliphatic heterocycles. The third kappa shape index (κ3) is 10.8. The molecule has 0 saturated carbocycles. The molecule has 2 aromatic rings. The first-order valence-electron chi connectivity index (χ1n) is 5.66. The van der Waals surface area contributed by atoms with E-state index in [1.807, 2.05) is 0 Å². The quantitative estimate of drug-likeness (QED) is 0.371. The Morgan fingerprint density at radius 1 is 0.667 bits per heavy atom. The van der Waals surface area contributed by atoms with Crippen LogP contribution in [0.25, 0.3) is 0 Å². The van der Waals surface area contributed by atoms with E-state index >= 15 is 0 Å². The zero-order valence-corrected chi connectivity index (χ0v) is 13.8. The van der Waals surface area contributed by atoms with Gasteiger partial charge in [-0.15, -0.1) is 11.1 Å². The molecule has 21 heavy (non-hydrogen) atoms. The molecular weight excluding hydrogens is 358 g/mol. The van der Waals surface area contributed by atoms with Gasteiger partial charge >= 0.3 is 15.2 Å².